The van der Waals surface area contributed by atoms with E-state index in [1.165, 1.54) is 11.1 Å². The molecule has 18 heavy (non-hydrogen) atoms. The van der Waals surface area contributed by atoms with Gasteiger partial charge in [-0.1, -0.05) is 31.2 Å². The molecule has 1 aromatic carbocycles. The summed E-state index contributed by atoms with van der Waals surface area (Å²) in [5, 5.41) is 3.42. The van der Waals surface area contributed by atoms with Gasteiger partial charge in [-0.05, 0) is 31.1 Å². The van der Waals surface area contributed by atoms with Crippen molar-refractivity contribution in [3.05, 3.63) is 35.4 Å². The minimum atomic E-state index is -2.28. The molecule has 1 aliphatic carbocycles. The fraction of sp³-hybridized carbons (Fsp3) is 0.571. The number of rotatable bonds is 5. The van der Waals surface area contributed by atoms with Gasteiger partial charge in [0.25, 0.3) is 6.43 Å². The van der Waals surface area contributed by atoms with Gasteiger partial charge in [0.2, 0.25) is 0 Å². The molecule has 0 bridgehead atoms. The number of nitrogens with zero attached hydrogens (tertiary/aromatic N) is 1. The molecule has 0 aromatic heterocycles. The van der Waals surface area contributed by atoms with Crippen LogP contribution in [0.2, 0.25) is 0 Å². The largest absolute Gasteiger partial charge is 0.309 e. The number of hydrogen-bond acceptors (Lipinski definition) is 2. The summed E-state index contributed by atoms with van der Waals surface area (Å²) >= 11 is 0. The van der Waals surface area contributed by atoms with Crippen LogP contribution < -0.4 is 5.32 Å². The van der Waals surface area contributed by atoms with E-state index in [4.69, 9.17) is 0 Å². The van der Waals surface area contributed by atoms with Gasteiger partial charge >= 0.3 is 0 Å². The first-order chi connectivity index (χ1) is 8.63. The number of alkyl halides is 2. The van der Waals surface area contributed by atoms with Crippen LogP contribution in [-0.2, 0) is 6.42 Å². The lowest BCUT2D eigenvalue weighted by atomic mass is 10.1. The zero-order chi connectivity index (χ0) is 13.1. The van der Waals surface area contributed by atoms with Crippen LogP contribution >= 0.6 is 0 Å². The first kappa shape index (κ1) is 13.4. The van der Waals surface area contributed by atoms with Gasteiger partial charge < -0.3 is 5.32 Å². The van der Waals surface area contributed by atoms with Crippen LogP contribution in [0.4, 0.5) is 8.78 Å². The molecule has 100 valence electrons. The number of nitrogens with one attached hydrogen (secondary N) is 1. The third-order valence-corrected chi connectivity index (χ3v) is 3.62. The molecule has 2 rings (SSSR count). The second kappa shape index (κ2) is 5.76. The second-order valence-electron chi connectivity index (χ2n) is 4.84. The Bertz CT molecular complexity index is 395. The van der Waals surface area contributed by atoms with E-state index in [0.29, 0.717) is 0 Å². The molecule has 0 amide bonds. The maximum Gasteiger partial charge on any atom is 0.251 e. The van der Waals surface area contributed by atoms with Crippen molar-refractivity contribution in [2.45, 2.75) is 31.9 Å². The fourth-order valence-electron chi connectivity index (χ4n) is 2.80. The summed E-state index contributed by atoms with van der Waals surface area (Å²) in [7, 11) is 1.78. The van der Waals surface area contributed by atoms with E-state index in [9.17, 15) is 8.78 Å². The van der Waals surface area contributed by atoms with Gasteiger partial charge in [0.05, 0.1) is 6.54 Å². The van der Waals surface area contributed by atoms with Crippen molar-refractivity contribution in [1.29, 1.82) is 0 Å². The van der Waals surface area contributed by atoms with Crippen molar-refractivity contribution >= 4 is 0 Å². The molecule has 0 spiro atoms. The number of benzene rings is 1. The first-order valence-corrected chi connectivity index (χ1v) is 6.43. The Balaban J connectivity index is 2.17. The maximum atomic E-state index is 12.5. The van der Waals surface area contributed by atoms with Crippen molar-refractivity contribution < 1.29 is 8.78 Å². The lowest BCUT2D eigenvalue weighted by Crippen LogP contribution is -2.42. The molecule has 2 unspecified atom stereocenters. The average Bonchev–Trinajstić information content (AvgIpc) is 2.68. The van der Waals surface area contributed by atoms with Crippen molar-refractivity contribution in [2.75, 3.05) is 20.1 Å². The predicted octanol–water partition coefficient (Wildman–Crippen LogP) is 2.46. The van der Waals surface area contributed by atoms with Crippen LogP contribution in [-0.4, -0.2) is 37.5 Å². The first-order valence-electron chi connectivity index (χ1n) is 6.43. The Kier molecular flexibility index (Phi) is 4.30. The van der Waals surface area contributed by atoms with Crippen LogP contribution in [0.15, 0.2) is 24.3 Å². The Labute approximate surface area is 107 Å². The minimum Gasteiger partial charge on any atom is -0.309 e. The molecular formula is C14H20F2N2. The van der Waals surface area contributed by atoms with Crippen LogP contribution in [0.5, 0.6) is 0 Å². The molecule has 1 aliphatic rings. The molecule has 0 radical (unpaired) electrons. The summed E-state index contributed by atoms with van der Waals surface area (Å²) in [5.41, 5.74) is 2.53. The van der Waals surface area contributed by atoms with Gasteiger partial charge in [-0.15, -0.1) is 0 Å². The maximum absolute atomic E-state index is 12.5. The van der Waals surface area contributed by atoms with E-state index >= 15 is 0 Å². The Morgan fingerprint density at radius 2 is 2.11 bits per heavy atom. The van der Waals surface area contributed by atoms with E-state index in [1.807, 2.05) is 19.1 Å². The standard InChI is InChI=1S/C14H20F2N2/c1-3-17-14-11-7-5-4-6-10(11)8-12(14)18(2)9-13(15)16/h4-7,12-14,17H,3,8-9H2,1-2H3. The molecule has 2 atom stereocenters. The van der Waals surface area contributed by atoms with Gasteiger partial charge in [0, 0.05) is 12.1 Å². The van der Waals surface area contributed by atoms with Crippen molar-refractivity contribution in [3.63, 3.8) is 0 Å². The molecule has 1 aromatic rings. The lowest BCUT2D eigenvalue weighted by Gasteiger charge is -2.30. The van der Waals surface area contributed by atoms with Crippen molar-refractivity contribution in [1.82, 2.24) is 10.2 Å². The van der Waals surface area contributed by atoms with Crippen LogP contribution in [0, 0.1) is 0 Å². The molecule has 1 N–H and O–H groups in total. The molecule has 0 saturated carbocycles. The Morgan fingerprint density at radius 3 is 2.78 bits per heavy atom. The van der Waals surface area contributed by atoms with E-state index < -0.39 is 6.43 Å². The number of halogens is 2. The van der Waals surface area contributed by atoms with Crippen LogP contribution in [0.1, 0.15) is 24.1 Å². The third-order valence-electron chi connectivity index (χ3n) is 3.62. The smallest absolute Gasteiger partial charge is 0.251 e. The molecule has 0 heterocycles. The van der Waals surface area contributed by atoms with Gasteiger partial charge in [-0.2, -0.15) is 0 Å². The summed E-state index contributed by atoms with van der Waals surface area (Å²) in [5.74, 6) is 0. The van der Waals surface area contributed by atoms with E-state index in [1.54, 1.807) is 11.9 Å². The summed E-state index contributed by atoms with van der Waals surface area (Å²) < 4.78 is 25.0. The van der Waals surface area contributed by atoms with Crippen molar-refractivity contribution in [2.24, 2.45) is 0 Å². The summed E-state index contributed by atoms with van der Waals surface area (Å²) in [6, 6.07) is 8.50. The summed E-state index contributed by atoms with van der Waals surface area (Å²) in [6.07, 6.45) is -1.43. The highest BCUT2D eigenvalue weighted by Crippen LogP contribution is 2.34. The van der Waals surface area contributed by atoms with Gasteiger partial charge in [0.1, 0.15) is 0 Å². The normalized spacial score (nSPS) is 22.8. The monoisotopic (exact) mass is 254 g/mol. The molecule has 0 fully saturated rings. The van der Waals surface area contributed by atoms with Gasteiger partial charge in [0.15, 0.2) is 0 Å². The van der Waals surface area contributed by atoms with Crippen LogP contribution in [0.3, 0.4) is 0 Å². The number of hydrogen-bond donors (Lipinski definition) is 1. The van der Waals surface area contributed by atoms with Gasteiger partial charge in [-0.3, -0.25) is 4.90 Å². The summed E-state index contributed by atoms with van der Waals surface area (Å²) in [6.45, 7) is 2.73. The van der Waals surface area contributed by atoms with Gasteiger partial charge in [-0.25, -0.2) is 8.78 Å². The minimum absolute atomic E-state index is 0.122. The summed E-state index contributed by atoms with van der Waals surface area (Å²) in [4.78, 5) is 1.78. The lowest BCUT2D eigenvalue weighted by molar-refractivity contribution is 0.0736. The SMILES string of the molecule is CCNC1c2ccccc2CC1N(C)CC(F)F. The zero-order valence-electron chi connectivity index (χ0n) is 10.9. The number of fused-ring (bicyclic) bond motifs is 1. The highest BCUT2D eigenvalue weighted by atomic mass is 19.3. The van der Waals surface area contributed by atoms with Crippen molar-refractivity contribution in [3.8, 4) is 0 Å². The number of likely N-dealkylation sites (N-methyl/N-ethyl adjacent to an activating group) is 2. The zero-order valence-corrected chi connectivity index (χ0v) is 10.9. The Morgan fingerprint density at radius 1 is 1.39 bits per heavy atom. The highest BCUT2D eigenvalue weighted by molar-refractivity contribution is 5.37. The highest BCUT2D eigenvalue weighted by Gasteiger charge is 2.34. The molecular weight excluding hydrogens is 234 g/mol. The van der Waals surface area contributed by atoms with Crippen LogP contribution in [0.25, 0.3) is 0 Å². The quantitative estimate of drug-likeness (QED) is 0.868. The average molecular weight is 254 g/mol. The predicted molar refractivity (Wildman–Crippen MR) is 69.0 cm³/mol. The Hall–Kier alpha value is -1.00. The molecule has 2 nitrogen and oxygen atoms in total. The molecule has 0 saturated heterocycles. The van der Waals surface area contributed by atoms with E-state index in [0.717, 1.165) is 13.0 Å². The molecule has 4 heteroatoms. The molecule has 0 aliphatic heterocycles. The van der Waals surface area contributed by atoms with E-state index in [2.05, 4.69) is 17.4 Å². The van der Waals surface area contributed by atoms with E-state index in [-0.39, 0.29) is 18.6 Å². The second-order valence-corrected chi connectivity index (χ2v) is 4.84. The fourth-order valence-corrected chi connectivity index (χ4v) is 2.80. The topological polar surface area (TPSA) is 15.3 Å². The third kappa shape index (κ3) is 2.70.